The molecule has 0 aromatic heterocycles. The van der Waals surface area contributed by atoms with Crippen LogP contribution in [0.4, 0.5) is 0 Å². The van der Waals surface area contributed by atoms with E-state index in [1.165, 1.54) is 32.1 Å². The van der Waals surface area contributed by atoms with E-state index in [4.69, 9.17) is 4.74 Å². The Balaban J connectivity index is 1.97. The Morgan fingerprint density at radius 3 is 2.83 bits per heavy atom. The average molecular weight is 169 g/mol. The molecule has 2 heteroatoms. The molecule has 2 nitrogen and oxygen atoms in total. The summed E-state index contributed by atoms with van der Waals surface area (Å²) in [5.74, 6) is 0. The van der Waals surface area contributed by atoms with Crippen molar-refractivity contribution in [2.45, 2.75) is 50.6 Å². The van der Waals surface area contributed by atoms with E-state index in [9.17, 15) is 0 Å². The maximum absolute atomic E-state index is 5.65. The summed E-state index contributed by atoms with van der Waals surface area (Å²) in [5, 5.41) is 3.75. The summed E-state index contributed by atoms with van der Waals surface area (Å²) in [4.78, 5) is 0. The van der Waals surface area contributed by atoms with E-state index in [0.717, 1.165) is 13.2 Å². The molecule has 2 fully saturated rings. The SMILES string of the molecule is CCC1COCC2(CCCC2)N1. The van der Waals surface area contributed by atoms with Crippen molar-refractivity contribution < 1.29 is 4.74 Å². The molecule has 0 aromatic rings. The van der Waals surface area contributed by atoms with Gasteiger partial charge in [-0.1, -0.05) is 19.8 Å². The van der Waals surface area contributed by atoms with E-state index in [2.05, 4.69) is 12.2 Å². The van der Waals surface area contributed by atoms with Crippen LogP contribution >= 0.6 is 0 Å². The maximum atomic E-state index is 5.65. The van der Waals surface area contributed by atoms with Crippen LogP contribution in [0.2, 0.25) is 0 Å². The molecule has 0 bridgehead atoms. The number of nitrogens with one attached hydrogen (secondary N) is 1. The Bertz CT molecular complexity index is 152. The lowest BCUT2D eigenvalue weighted by atomic mass is 9.95. The van der Waals surface area contributed by atoms with Crippen molar-refractivity contribution in [2.75, 3.05) is 13.2 Å². The maximum Gasteiger partial charge on any atom is 0.0649 e. The zero-order valence-corrected chi connectivity index (χ0v) is 7.94. The molecule has 2 aliphatic rings. The summed E-state index contributed by atoms with van der Waals surface area (Å²) < 4.78 is 5.65. The monoisotopic (exact) mass is 169 g/mol. The van der Waals surface area contributed by atoms with Gasteiger partial charge in [-0.2, -0.15) is 0 Å². The van der Waals surface area contributed by atoms with Gasteiger partial charge < -0.3 is 10.1 Å². The van der Waals surface area contributed by atoms with E-state index in [0.29, 0.717) is 11.6 Å². The molecule has 0 amide bonds. The predicted molar refractivity (Wildman–Crippen MR) is 49.2 cm³/mol. The van der Waals surface area contributed by atoms with Crippen molar-refractivity contribution in [1.82, 2.24) is 5.32 Å². The Kier molecular flexibility index (Phi) is 2.37. The van der Waals surface area contributed by atoms with Gasteiger partial charge in [-0.15, -0.1) is 0 Å². The summed E-state index contributed by atoms with van der Waals surface area (Å²) in [7, 11) is 0. The minimum atomic E-state index is 0.374. The Morgan fingerprint density at radius 1 is 1.42 bits per heavy atom. The topological polar surface area (TPSA) is 21.3 Å². The van der Waals surface area contributed by atoms with Crippen LogP contribution in [0.25, 0.3) is 0 Å². The van der Waals surface area contributed by atoms with Gasteiger partial charge in [0, 0.05) is 11.6 Å². The number of ether oxygens (including phenoxy) is 1. The summed E-state index contributed by atoms with van der Waals surface area (Å²) >= 11 is 0. The molecule has 1 unspecified atom stereocenters. The van der Waals surface area contributed by atoms with Crippen LogP contribution in [0.1, 0.15) is 39.0 Å². The van der Waals surface area contributed by atoms with Crippen LogP contribution in [0, 0.1) is 0 Å². The van der Waals surface area contributed by atoms with Gasteiger partial charge in [0.05, 0.1) is 13.2 Å². The Morgan fingerprint density at radius 2 is 2.17 bits per heavy atom. The number of hydrogen-bond acceptors (Lipinski definition) is 2. The minimum Gasteiger partial charge on any atom is -0.378 e. The molecule has 1 aliphatic heterocycles. The van der Waals surface area contributed by atoms with Crippen molar-refractivity contribution in [1.29, 1.82) is 0 Å². The smallest absolute Gasteiger partial charge is 0.0649 e. The molecule has 1 atom stereocenters. The van der Waals surface area contributed by atoms with E-state index in [1.807, 2.05) is 0 Å². The standard InChI is InChI=1S/C10H19NO/c1-2-9-7-12-8-10(11-9)5-3-4-6-10/h9,11H,2-8H2,1H3. The van der Waals surface area contributed by atoms with Gasteiger partial charge in [-0.25, -0.2) is 0 Å². The highest BCUT2D eigenvalue weighted by Gasteiger charge is 2.38. The third-order valence-electron chi connectivity index (χ3n) is 3.26. The zero-order chi connectivity index (χ0) is 8.44. The van der Waals surface area contributed by atoms with Gasteiger partial charge in [-0.3, -0.25) is 0 Å². The van der Waals surface area contributed by atoms with Crippen molar-refractivity contribution in [3.05, 3.63) is 0 Å². The van der Waals surface area contributed by atoms with Crippen LogP contribution in [0.15, 0.2) is 0 Å². The van der Waals surface area contributed by atoms with Crippen molar-refractivity contribution in [3.8, 4) is 0 Å². The quantitative estimate of drug-likeness (QED) is 0.645. The molecule has 1 saturated heterocycles. The summed E-state index contributed by atoms with van der Waals surface area (Å²) in [6.45, 7) is 4.09. The number of hydrogen-bond donors (Lipinski definition) is 1. The van der Waals surface area contributed by atoms with Crippen LogP contribution in [0.3, 0.4) is 0 Å². The molecular formula is C10H19NO. The first-order valence-corrected chi connectivity index (χ1v) is 5.20. The first kappa shape index (κ1) is 8.52. The van der Waals surface area contributed by atoms with Crippen LogP contribution in [-0.4, -0.2) is 24.8 Å². The third-order valence-corrected chi connectivity index (χ3v) is 3.26. The lowest BCUT2D eigenvalue weighted by Gasteiger charge is -2.39. The fourth-order valence-electron chi connectivity index (χ4n) is 2.47. The molecule has 1 saturated carbocycles. The highest BCUT2D eigenvalue weighted by Crippen LogP contribution is 2.32. The first-order chi connectivity index (χ1) is 5.85. The van der Waals surface area contributed by atoms with E-state index >= 15 is 0 Å². The Hall–Kier alpha value is -0.0800. The summed E-state index contributed by atoms with van der Waals surface area (Å²) in [5.41, 5.74) is 0.374. The zero-order valence-electron chi connectivity index (χ0n) is 7.94. The molecule has 2 rings (SSSR count). The Labute approximate surface area is 74.7 Å². The largest absolute Gasteiger partial charge is 0.378 e. The lowest BCUT2D eigenvalue weighted by Crippen LogP contribution is -2.57. The fourth-order valence-corrected chi connectivity index (χ4v) is 2.47. The molecule has 1 aliphatic carbocycles. The molecule has 70 valence electrons. The molecule has 0 aromatic carbocycles. The third kappa shape index (κ3) is 1.50. The van der Waals surface area contributed by atoms with Crippen molar-refractivity contribution in [3.63, 3.8) is 0 Å². The van der Waals surface area contributed by atoms with Gasteiger partial charge >= 0.3 is 0 Å². The number of rotatable bonds is 1. The molecular weight excluding hydrogens is 150 g/mol. The number of morpholine rings is 1. The van der Waals surface area contributed by atoms with Gasteiger partial charge in [0.2, 0.25) is 0 Å². The normalized spacial score (nSPS) is 34.2. The van der Waals surface area contributed by atoms with E-state index in [-0.39, 0.29) is 0 Å². The molecule has 1 N–H and O–H groups in total. The minimum absolute atomic E-state index is 0.374. The lowest BCUT2D eigenvalue weighted by molar-refractivity contribution is 0.000141. The van der Waals surface area contributed by atoms with Crippen LogP contribution in [-0.2, 0) is 4.74 Å². The summed E-state index contributed by atoms with van der Waals surface area (Å²) in [6.07, 6.45) is 6.61. The van der Waals surface area contributed by atoms with Crippen LogP contribution < -0.4 is 5.32 Å². The first-order valence-electron chi connectivity index (χ1n) is 5.20. The molecule has 1 heterocycles. The van der Waals surface area contributed by atoms with Crippen molar-refractivity contribution >= 4 is 0 Å². The highest BCUT2D eigenvalue weighted by atomic mass is 16.5. The van der Waals surface area contributed by atoms with Gasteiger partial charge in [0.15, 0.2) is 0 Å². The average Bonchev–Trinajstić information content (AvgIpc) is 2.53. The van der Waals surface area contributed by atoms with Gasteiger partial charge in [0.25, 0.3) is 0 Å². The van der Waals surface area contributed by atoms with E-state index in [1.54, 1.807) is 0 Å². The van der Waals surface area contributed by atoms with Gasteiger partial charge in [-0.05, 0) is 19.3 Å². The van der Waals surface area contributed by atoms with E-state index < -0.39 is 0 Å². The predicted octanol–water partition coefficient (Wildman–Crippen LogP) is 1.70. The van der Waals surface area contributed by atoms with Gasteiger partial charge in [0.1, 0.15) is 0 Å². The summed E-state index contributed by atoms with van der Waals surface area (Å²) in [6, 6.07) is 0.608. The second-order valence-electron chi connectivity index (χ2n) is 4.25. The highest BCUT2D eigenvalue weighted by molar-refractivity contribution is 4.96. The molecule has 1 spiro atoms. The molecule has 0 radical (unpaired) electrons. The second-order valence-corrected chi connectivity index (χ2v) is 4.25. The van der Waals surface area contributed by atoms with Crippen LogP contribution in [0.5, 0.6) is 0 Å². The van der Waals surface area contributed by atoms with Crippen molar-refractivity contribution in [2.24, 2.45) is 0 Å². The fraction of sp³-hybridized carbons (Fsp3) is 1.00. The molecule has 12 heavy (non-hydrogen) atoms. The second kappa shape index (κ2) is 3.35.